The Morgan fingerprint density at radius 3 is 1.45 bits per heavy atom. The molecule has 1 aromatic rings. The third-order valence-electron chi connectivity index (χ3n) is 4.60. The van der Waals surface area contributed by atoms with Crippen LogP contribution in [0.4, 0.5) is 26.3 Å². The number of nitrogens with zero attached hydrogens (tertiary/aromatic N) is 3. The van der Waals surface area contributed by atoms with Gasteiger partial charge in [0.25, 0.3) is 0 Å². The fourth-order valence-electron chi connectivity index (χ4n) is 2.91. The van der Waals surface area contributed by atoms with Gasteiger partial charge >= 0.3 is 24.2 Å². The molecule has 31 heavy (non-hydrogen) atoms. The molecule has 1 aliphatic heterocycles. The zero-order chi connectivity index (χ0) is 23.6. The predicted molar refractivity (Wildman–Crippen MR) is 95.2 cm³/mol. The highest BCUT2D eigenvalue weighted by Gasteiger charge is 2.45. The lowest BCUT2D eigenvalue weighted by Gasteiger charge is -2.26. The summed E-state index contributed by atoms with van der Waals surface area (Å²) in [4.78, 5) is 23.4. The standard InChI is InChI=1S/C17H19F6N3O4S/c1-12-2-4-13(5-3-12)31(29,30)26-10-8-24(14(27)16(18,19)20)6-7-25(9-11-26)15(28)17(21,22)23/h2-5H,6-11H2,1H3. The number of aryl methyl sites for hydroxylation is 1. The average molecular weight is 475 g/mol. The van der Waals surface area contributed by atoms with Gasteiger partial charge in [-0.2, -0.15) is 30.6 Å². The Kier molecular flexibility index (Phi) is 7.25. The summed E-state index contributed by atoms with van der Waals surface area (Å²) in [5.41, 5.74) is 0.729. The van der Waals surface area contributed by atoms with Crippen LogP contribution in [0.25, 0.3) is 0 Å². The molecule has 0 saturated carbocycles. The number of hydrogen-bond acceptors (Lipinski definition) is 4. The average Bonchev–Trinajstić information content (AvgIpc) is 2.76. The summed E-state index contributed by atoms with van der Waals surface area (Å²) in [6.07, 6.45) is -10.6. The normalized spacial score (nSPS) is 17.6. The van der Waals surface area contributed by atoms with Crippen molar-refractivity contribution in [2.75, 3.05) is 39.3 Å². The number of amides is 2. The van der Waals surface area contributed by atoms with Crippen LogP contribution in [0.5, 0.6) is 0 Å². The number of halogens is 6. The minimum atomic E-state index is -5.31. The van der Waals surface area contributed by atoms with Gasteiger partial charge in [-0.1, -0.05) is 17.7 Å². The number of carbonyl (C=O) groups excluding carboxylic acids is 2. The number of benzene rings is 1. The molecule has 0 unspecified atom stereocenters. The van der Waals surface area contributed by atoms with Crippen LogP contribution in [0, 0.1) is 6.92 Å². The van der Waals surface area contributed by atoms with E-state index in [-0.39, 0.29) is 14.7 Å². The minimum absolute atomic E-state index is 0.194. The number of hydrogen-bond donors (Lipinski definition) is 0. The van der Waals surface area contributed by atoms with Crippen LogP contribution in [-0.4, -0.2) is 86.0 Å². The van der Waals surface area contributed by atoms with Crippen molar-refractivity contribution in [2.45, 2.75) is 24.2 Å². The van der Waals surface area contributed by atoms with Crippen molar-refractivity contribution in [3.8, 4) is 0 Å². The number of carbonyl (C=O) groups is 2. The summed E-state index contributed by atoms with van der Waals surface area (Å²) < 4.78 is 104. The first-order valence-electron chi connectivity index (χ1n) is 8.93. The van der Waals surface area contributed by atoms with Crippen molar-refractivity contribution >= 4 is 21.8 Å². The summed E-state index contributed by atoms with van der Waals surface area (Å²) in [6, 6.07) is 5.44. The first kappa shape index (κ1) is 24.9. The van der Waals surface area contributed by atoms with Gasteiger partial charge in [-0.05, 0) is 19.1 Å². The fourth-order valence-corrected chi connectivity index (χ4v) is 4.33. The molecule has 14 heteroatoms. The monoisotopic (exact) mass is 475 g/mol. The minimum Gasteiger partial charge on any atom is -0.332 e. The third kappa shape index (κ3) is 6.09. The van der Waals surface area contributed by atoms with Gasteiger partial charge in [-0.15, -0.1) is 0 Å². The SMILES string of the molecule is Cc1ccc(S(=O)(=O)N2CCN(C(=O)C(F)(F)F)CCN(C(=O)C(F)(F)F)CC2)cc1. The van der Waals surface area contributed by atoms with Crippen LogP contribution in [0.3, 0.4) is 0 Å². The molecule has 1 fully saturated rings. The Balaban J connectivity index is 2.39. The van der Waals surface area contributed by atoms with Gasteiger partial charge in [0.2, 0.25) is 10.0 Å². The Morgan fingerprint density at radius 2 is 1.10 bits per heavy atom. The molecule has 0 bridgehead atoms. The largest absolute Gasteiger partial charge is 0.471 e. The van der Waals surface area contributed by atoms with E-state index in [0.717, 1.165) is 5.56 Å². The lowest BCUT2D eigenvalue weighted by molar-refractivity contribution is -0.188. The van der Waals surface area contributed by atoms with Crippen molar-refractivity contribution in [2.24, 2.45) is 0 Å². The molecule has 0 aromatic heterocycles. The molecule has 0 atom stereocenters. The number of rotatable bonds is 2. The van der Waals surface area contributed by atoms with Gasteiger partial charge in [-0.3, -0.25) is 9.59 Å². The highest BCUT2D eigenvalue weighted by molar-refractivity contribution is 7.89. The van der Waals surface area contributed by atoms with Gasteiger partial charge in [0.05, 0.1) is 4.90 Å². The van der Waals surface area contributed by atoms with Crippen LogP contribution in [-0.2, 0) is 19.6 Å². The van der Waals surface area contributed by atoms with Crippen molar-refractivity contribution in [3.63, 3.8) is 0 Å². The molecular weight excluding hydrogens is 456 g/mol. The van der Waals surface area contributed by atoms with E-state index >= 15 is 0 Å². The van der Waals surface area contributed by atoms with Crippen LogP contribution in [0.15, 0.2) is 29.2 Å². The molecule has 0 spiro atoms. The Morgan fingerprint density at radius 1 is 0.742 bits per heavy atom. The van der Waals surface area contributed by atoms with Gasteiger partial charge < -0.3 is 9.80 Å². The van der Waals surface area contributed by atoms with E-state index in [9.17, 15) is 44.3 Å². The zero-order valence-corrected chi connectivity index (χ0v) is 17.0. The Hall–Kier alpha value is -2.35. The molecule has 2 rings (SSSR count). The summed E-state index contributed by atoms with van der Waals surface area (Å²) in [6.45, 7) is -2.58. The lowest BCUT2D eigenvalue weighted by atomic mass is 10.2. The van der Waals surface area contributed by atoms with E-state index in [0.29, 0.717) is 4.31 Å². The highest BCUT2D eigenvalue weighted by Crippen LogP contribution is 2.23. The quantitative estimate of drug-likeness (QED) is 0.612. The van der Waals surface area contributed by atoms with Crippen molar-refractivity contribution in [1.82, 2.24) is 14.1 Å². The molecule has 2 amide bonds. The molecule has 1 heterocycles. The van der Waals surface area contributed by atoms with E-state index < -0.39 is 73.5 Å². The first-order valence-corrected chi connectivity index (χ1v) is 10.4. The van der Waals surface area contributed by atoms with Crippen LogP contribution in [0.2, 0.25) is 0 Å². The number of alkyl halides is 6. The smallest absolute Gasteiger partial charge is 0.332 e. The van der Waals surface area contributed by atoms with E-state index in [1.165, 1.54) is 24.3 Å². The zero-order valence-electron chi connectivity index (χ0n) is 16.2. The molecule has 1 aliphatic rings. The van der Waals surface area contributed by atoms with E-state index in [1.807, 2.05) is 0 Å². The van der Waals surface area contributed by atoms with Crippen molar-refractivity contribution in [3.05, 3.63) is 29.8 Å². The van der Waals surface area contributed by atoms with E-state index in [4.69, 9.17) is 0 Å². The second kappa shape index (κ2) is 9.02. The van der Waals surface area contributed by atoms with Gasteiger partial charge in [0.15, 0.2) is 0 Å². The second-order valence-corrected chi connectivity index (χ2v) is 8.73. The fraction of sp³-hybridized carbons (Fsp3) is 0.529. The topological polar surface area (TPSA) is 78.0 Å². The molecule has 0 radical (unpaired) electrons. The maximum absolute atomic E-state index is 12.9. The molecule has 1 saturated heterocycles. The molecule has 0 N–H and O–H groups in total. The molecule has 0 aliphatic carbocycles. The molecule has 7 nitrogen and oxygen atoms in total. The van der Waals surface area contributed by atoms with Crippen LogP contribution in [0.1, 0.15) is 5.56 Å². The molecule has 174 valence electrons. The summed E-state index contributed by atoms with van der Waals surface area (Å²) >= 11 is 0. The maximum Gasteiger partial charge on any atom is 0.471 e. The Labute approximate surface area is 174 Å². The van der Waals surface area contributed by atoms with Crippen molar-refractivity contribution in [1.29, 1.82) is 0 Å². The highest BCUT2D eigenvalue weighted by atomic mass is 32.2. The summed E-state index contributed by atoms with van der Waals surface area (Å²) in [5.74, 6) is -4.66. The molecular formula is C17H19F6N3O4S. The van der Waals surface area contributed by atoms with Gasteiger partial charge in [0, 0.05) is 39.3 Å². The predicted octanol–water partition coefficient (Wildman–Crippen LogP) is 1.78. The lowest BCUT2D eigenvalue weighted by Crippen LogP contribution is -2.48. The van der Waals surface area contributed by atoms with Gasteiger partial charge in [-0.25, -0.2) is 8.42 Å². The second-order valence-electron chi connectivity index (χ2n) is 6.80. The van der Waals surface area contributed by atoms with Crippen molar-refractivity contribution < 1.29 is 44.3 Å². The van der Waals surface area contributed by atoms with E-state index in [1.54, 1.807) is 6.92 Å². The van der Waals surface area contributed by atoms with Crippen LogP contribution >= 0.6 is 0 Å². The molecule has 1 aromatic carbocycles. The first-order chi connectivity index (χ1) is 14.1. The summed E-state index contributed by atoms with van der Waals surface area (Å²) in [7, 11) is -4.31. The Bertz CT molecular complexity index is 877. The number of sulfonamides is 1. The van der Waals surface area contributed by atoms with E-state index in [2.05, 4.69) is 0 Å². The summed E-state index contributed by atoms with van der Waals surface area (Å²) in [5, 5.41) is 0. The third-order valence-corrected chi connectivity index (χ3v) is 6.51. The van der Waals surface area contributed by atoms with Crippen LogP contribution < -0.4 is 0 Å². The van der Waals surface area contributed by atoms with Gasteiger partial charge in [0.1, 0.15) is 0 Å². The maximum atomic E-state index is 12.9.